The number of alkyl halides is 1. The van der Waals surface area contributed by atoms with E-state index in [4.69, 9.17) is 21.1 Å². The highest BCUT2D eigenvalue weighted by atomic mass is 79.9. The molecule has 20 heavy (non-hydrogen) atoms. The van der Waals surface area contributed by atoms with Crippen molar-refractivity contribution in [2.45, 2.75) is 18.9 Å². The Kier molecular flexibility index (Phi) is 7.14. The van der Waals surface area contributed by atoms with Crippen molar-refractivity contribution in [1.29, 1.82) is 0 Å². The Morgan fingerprint density at radius 1 is 1.15 bits per heavy atom. The van der Waals surface area contributed by atoms with Crippen LogP contribution in [0.5, 0.6) is 5.75 Å². The third-order valence-corrected chi connectivity index (χ3v) is 4.14. The van der Waals surface area contributed by atoms with E-state index in [2.05, 4.69) is 20.8 Å². The lowest BCUT2D eigenvalue weighted by molar-refractivity contribution is 0.0128. The van der Waals surface area contributed by atoms with E-state index in [0.717, 1.165) is 49.3 Å². The van der Waals surface area contributed by atoms with Crippen LogP contribution in [0.3, 0.4) is 0 Å². The molecule has 1 aliphatic heterocycles. The molecule has 2 rings (SSSR count). The van der Waals surface area contributed by atoms with Gasteiger partial charge in [-0.25, -0.2) is 0 Å². The summed E-state index contributed by atoms with van der Waals surface area (Å²) in [6.45, 7) is 4.53. The second-order valence-electron chi connectivity index (χ2n) is 4.90. The van der Waals surface area contributed by atoms with Crippen molar-refractivity contribution in [1.82, 2.24) is 4.90 Å². The Morgan fingerprint density at radius 3 is 2.50 bits per heavy atom. The van der Waals surface area contributed by atoms with E-state index in [1.54, 1.807) is 0 Å². The Hall–Kier alpha value is -0.290. The van der Waals surface area contributed by atoms with E-state index in [-0.39, 0.29) is 0 Å². The predicted octanol–water partition coefficient (Wildman–Crippen LogP) is 3.55. The van der Waals surface area contributed by atoms with Crippen LogP contribution in [-0.2, 0) is 4.74 Å². The number of hydrogen-bond acceptors (Lipinski definition) is 3. The highest BCUT2D eigenvalue weighted by Crippen LogP contribution is 2.17. The van der Waals surface area contributed by atoms with Crippen LogP contribution in [0.2, 0.25) is 0 Å². The lowest BCUT2D eigenvalue weighted by Gasteiger charge is -2.31. The first-order valence-electron chi connectivity index (χ1n) is 7.06. The van der Waals surface area contributed by atoms with E-state index in [0.29, 0.717) is 18.6 Å². The molecule has 0 N–H and O–H groups in total. The molecule has 1 aromatic rings. The van der Waals surface area contributed by atoms with Gasteiger partial charge in [0.1, 0.15) is 12.4 Å². The fourth-order valence-corrected chi connectivity index (χ4v) is 2.69. The van der Waals surface area contributed by atoms with E-state index >= 15 is 0 Å². The predicted molar refractivity (Wildman–Crippen MR) is 85.8 cm³/mol. The highest BCUT2D eigenvalue weighted by Gasteiger charge is 2.19. The molecule has 1 fully saturated rings. The topological polar surface area (TPSA) is 21.7 Å². The van der Waals surface area contributed by atoms with E-state index in [9.17, 15) is 0 Å². The third kappa shape index (κ3) is 5.60. The second kappa shape index (κ2) is 8.88. The van der Waals surface area contributed by atoms with Crippen LogP contribution in [0, 0.1) is 0 Å². The average Bonchev–Trinajstić information content (AvgIpc) is 2.48. The van der Waals surface area contributed by atoms with Crippen LogP contribution in [0.25, 0.3) is 0 Å². The Bertz CT molecular complexity index is 380. The molecule has 0 bridgehead atoms. The molecule has 1 aromatic carbocycles. The number of benzene rings is 1. The third-order valence-electron chi connectivity index (χ3n) is 3.46. The minimum absolute atomic E-state index is 0.386. The fraction of sp³-hybridized carbons (Fsp3) is 0.600. The van der Waals surface area contributed by atoms with Gasteiger partial charge in [-0.2, -0.15) is 0 Å². The summed E-state index contributed by atoms with van der Waals surface area (Å²) >= 11 is 9.05. The van der Waals surface area contributed by atoms with Crippen molar-refractivity contribution < 1.29 is 9.47 Å². The average molecular weight is 363 g/mol. The lowest BCUT2D eigenvalue weighted by Crippen LogP contribution is -2.39. The smallest absolute Gasteiger partial charge is 0.119 e. The summed E-state index contributed by atoms with van der Waals surface area (Å²) in [5.41, 5.74) is 0. The fourth-order valence-electron chi connectivity index (χ4n) is 2.33. The first-order chi connectivity index (χ1) is 9.78. The molecule has 0 saturated carbocycles. The zero-order valence-corrected chi connectivity index (χ0v) is 13.9. The molecule has 0 unspecified atom stereocenters. The van der Waals surface area contributed by atoms with Crippen molar-refractivity contribution >= 4 is 27.5 Å². The first kappa shape index (κ1) is 16.1. The summed E-state index contributed by atoms with van der Waals surface area (Å²) in [6, 6.07) is 7.96. The molecule has 0 aromatic heterocycles. The van der Waals surface area contributed by atoms with Crippen LogP contribution >= 0.6 is 27.5 Å². The molecule has 3 nitrogen and oxygen atoms in total. The summed E-state index contributed by atoms with van der Waals surface area (Å²) in [6.07, 6.45) is 2.57. The number of nitrogens with zero attached hydrogens (tertiary/aromatic N) is 1. The standard InChI is InChI=1S/C15H21BrClNO2/c16-13-1-3-14(4-2-13)20-12-10-18-8-5-15(6-9-18)19-11-7-17/h1-4,15H,5-12H2. The van der Waals surface area contributed by atoms with Gasteiger partial charge in [0.15, 0.2) is 0 Å². The van der Waals surface area contributed by atoms with Gasteiger partial charge in [0.25, 0.3) is 0 Å². The first-order valence-corrected chi connectivity index (χ1v) is 8.39. The number of piperidine rings is 1. The molecule has 0 spiro atoms. The maximum absolute atomic E-state index is 5.74. The molecule has 1 aliphatic rings. The number of hydrogen-bond donors (Lipinski definition) is 0. The monoisotopic (exact) mass is 361 g/mol. The van der Waals surface area contributed by atoms with E-state index in [1.807, 2.05) is 24.3 Å². The van der Waals surface area contributed by atoms with Gasteiger partial charge in [0.2, 0.25) is 0 Å². The van der Waals surface area contributed by atoms with Gasteiger partial charge in [-0.05, 0) is 37.1 Å². The molecule has 0 aliphatic carbocycles. The van der Waals surface area contributed by atoms with Crippen LogP contribution in [0.15, 0.2) is 28.7 Å². The molecular formula is C15H21BrClNO2. The molecular weight excluding hydrogens is 342 g/mol. The maximum Gasteiger partial charge on any atom is 0.119 e. The number of halogens is 2. The summed E-state index contributed by atoms with van der Waals surface area (Å²) in [5.74, 6) is 1.51. The normalized spacial score (nSPS) is 17.3. The van der Waals surface area contributed by atoms with Crippen LogP contribution < -0.4 is 4.74 Å². The lowest BCUT2D eigenvalue weighted by atomic mass is 10.1. The van der Waals surface area contributed by atoms with Crippen molar-refractivity contribution in [3.8, 4) is 5.75 Å². The summed E-state index contributed by atoms with van der Waals surface area (Å²) in [5, 5.41) is 0. The maximum atomic E-state index is 5.74. The number of ether oxygens (including phenoxy) is 2. The van der Waals surface area contributed by atoms with Crippen molar-refractivity contribution in [3.05, 3.63) is 28.7 Å². The zero-order valence-electron chi connectivity index (χ0n) is 11.6. The highest BCUT2D eigenvalue weighted by molar-refractivity contribution is 9.10. The second-order valence-corrected chi connectivity index (χ2v) is 6.20. The Labute approximate surface area is 134 Å². The van der Waals surface area contributed by atoms with E-state index in [1.165, 1.54) is 0 Å². The van der Waals surface area contributed by atoms with Gasteiger partial charge in [0.05, 0.1) is 12.7 Å². The summed E-state index contributed by atoms with van der Waals surface area (Å²) in [4.78, 5) is 2.43. The Balaban J connectivity index is 1.60. The van der Waals surface area contributed by atoms with Crippen LogP contribution in [0.1, 0.15) is 12.8 Å². The van der Waals surface area contributed by atoms with Crippen LogP contribution in [-0.4, -0.2) is 49.7 Å². The van der Waals surface area contributed by atoms with Gasteiger partial charge in [-0.1, -0.05) is 15.9 Å². The molecule has 1 heterocycles. The molecule has 0 radical (unpaired) electrons. The number of rotatable bonds is 7. The zero-order chi connectivity index (χ0) is 14.2. The minimum Gasteiger partial charge on any atom is -0.492 e. The van der Waals surface area contributed by atoms with Crippen LogP contribution in [0.4, 0.5) is 0 Å². The molecule has 1 saturated heterocycles. The van der Waals surface area contributed by atoms with Gasteiger partial charge in [-0.3, -0.25) is 4.90 Å². The summed E-state index contributed by atoms with van der Waals surface area (Å²) < 4.78 is 12.5. The van der Waals surface area contributed by atoms with Gasteiger partial charge < -0.3 is 9.47 Å². The van der Waals surface area contributed by atoms with Gasteiger partial charge >= 0.3 is 0 Å². The van der Waals surface area contributed by atoms with E-state index < -0.39 is 0 Å². The molecule has 0 amide bonds. The van der Waals surface area contributed by atoms with Crippen molar-refractivity contribution in [2.75, 3.05) is 38.7 Å². The van der Waals surface area contributed by atoms with Crippen molar-refractivity contribution in [2.24, 2.45) is 0 Å². The van der Waals surface area contributed by atoms with Gasteiger partial charge in [0, 0.05) is 30.0 Å². The quantitative estimate of drug-likeness (QED) is 0.692. The minimum atomic E-state index is 0.386. The number of likely N-dealkylation sites (tertiary alicyclic amines) is 1. The molecule has 0 atom stereocenters. The Morgan fingerprint density at radius 2 is 1.85 bits per heavy atom. The van der Waals surface area contributed by atoms with Gasteiger partial charge in [-0.15, -0.1) is 11.6 Å². The summed E-state index contributed by atoms with van der Waals surface area (Å²) in [7, 11) is 0. The largest absolute Gasteiger partial charge is 0.492 e. The molecule has 5 heteroatoms. The molecule has 112 valence electrons. The SMILES string of the molecule is ClCCOC1CCN(CCOc2ccc(Br)cc2)CC1. The van der Waals surface area contributed by atoms with Crippen molar-refractivity contribution in [3.63, 3.8) is 0 Å².